The van der Waals surface area contributed by atoms with Gasteiger partial charge in [0.05, 0.1) is 26.3 Å². The number of esters is 2. The highest BCUT2D eigenvalue weighted by molar-refractivity contribution is 5.88. The van der Waals surface area contributed by atoms with Crippen LogP contribution in [-0.4, -0.2) is 31.1 Å². The third-order valence-electron chi connectivity index (χ3n) is 2.88. The summed E-state index contributed by atoms with van der Waals surface area (Å²) >= 11 is 0. The molecule has 2 aromatic rings. The number of rotatable bonds is 5. The van der Waals surface area contributed by atoms with Gasteiger partial charge in [0.25, 0.3) is 0 Å². The largest absolute Gasteiger partial charge is 0.469 e. The Labute approximate surface area is 121 Å². The van der Waals surface area contributed by atoms with E-state index in [0.717, 1.165) is 5.56 Å². The Morgan fingerprint density at radius 2 is 1.86 bits per heavy atom. The summed E-state index contributed by atoms with van der Waals surface area (Å²) in [6.07, 6.45) is 0.356. The van der Waals surface area contributed by atoms with E-state index in [-0.39, 0.29) is 24.6 Å². The van der Waals surface area contributed by atoms with Crippen molar-refractivity contribution >= 4 is 11.9 Å². The van der Waals surface area contributed by atoms with Gasteiger partial charge in [-0.05, 0) is 12.1 Å². The lowest BCUT2D eigenvalue weighted by Crippen LogP contribution is -2.07. The Morgan fingerprint density at radius 3 is 2.48 bits per heavy atom. The lowest BCUT2D eigenvalue weighted by Gasteiger charge is -1.98. The van der Waals surface area contributed by atoms with Crippen LogP contribution in [0.2, 0.25) is 0 Å². The normalized spacial score (nSPS) is 10.2. The topological polar surface area (TPSA) is 78.6 Å². The van der Waals surface area contributed by atoms with E-state index < -0.39 is 5.97 Å². The second-order valence-electron chi connectivity index (χ2n) is 4.23. The number of aromatic nitrogens is 1. The van der Waals surface area contributed by atoms with Gasteiger partial charge in [0.1, 0.15) is 0 Å². The summed E-state index contributed by atoms with van der Waals surface area (Å²) in [6.45, 7) is 0. The summed E-state index contributed by atoms with van der Waals surface area (Å²) in [4.78, 5) is 27.2. The Kier molecular flexibility index (Phi) is 4.71. The summed E-state index contributed by atoms with van der Waals surface area (Å²) in [5.41, 5.74) is 1.12. The van der Waals surface area contributed by atoms with E-state index in [1.54, 1.807) is 0 Å². The Balaban J connectivity index is 2.31. The molecule has 0 amide bonds. The second-order valence-corrected chi connectivity index (χ2v) is 4.23. The number of hydrogen-bond acceptors (Lipinski definition) is 6. The van der Waals surface area contributed by atoms with Crippen molar-refractivity contribution in [3.05, 3.63) is 41.8 Å². The number of carbonyl (C=O) groups excluding carboxylic acids is 2. The molecule has 0 aliphatic carbocycles. The highest BCUT2D eigenvalue weighted by Crippen LogP contribution is 2.23. The number of ether oxygens (including phenoxy) is 2. The molecular weight excluding hydrogens is 274 g/mol. The fourth-order valence-electron chi connectivity index (χ4n) is 1.80. The van der Waals surface area contributed by atoms with Crippen molar-refractivity contribution in [1.82, 2.24) is 4.98 Å². The highest BCUT2D eigenvalue weighted by Gasteiger charge is 2.22. The number of benzene rings is 1. The monoisotopic (exact) mass is 289 g/mol. The number of hydrogen-bond donors (Lipinski definition) is 0. The molecule has 2 rings (SSSR count). The molecule has 0 aliphatic heterocycles. The number of aryl methyl sites for hydroxylation is 1. The molecule has 0 N–H and O–H groups in total. The Morgan fingerprint density at radius 1 is 1.14 bits per heavy atom. The molecule has 0 aliphatic rings. The van der Waals surface area contributed by atoms with Gasteiger partial charge in [0.15, 0.2) is 0 Å². The van der Waals surface area contributed by atoms with Crippen LogP contribution in [0.4, 0.5) is 0 Å². The van der Waals surface area contributed by atoms with Gasteiger partial charge in [-0.3, -0.25) is 4.79 Å². The number of carbonyl (C=O) groups is 2. The van der Waals surface area contributed by atoms with Crippen molar-refractivity contribution in [2.24, 2.45) is 0 Å². The average molecular weight is 289 g/mol. The second kappa shape index (κ2) is 6.69. The zero-order valence-electron chi connectivity index (χ0n) is 11.8. The van der Waals surface area contributed by atoms with E-state index in [2.05, 4.69) is 14.5 Å². The third kappa shape index (κ3) is 3.47. The fraction of sp³-hybridized carbons (Fsp3) is 0.267. The van der Waals surface area contributed by atoms with Crippen LogP contribution in [0.25, 0.3) is 11.5 Å². The predicted molar refractivity (Wildman–Crippen MR) is 73.6 cm³/mol. The molecule has 0 saturated carbocycles. The van der Waals surface area contributed by atoms with Crippen molar-refractivity contribution in [3.63, 3.8) is 0 Å². The fourth-order valence-corrected chi connectivity index (χ4v) is 1.80. The molecule has 0 bridgehead atoms. The summed E-state index contributed by atoms with van der Waals surface area (Å²) in [5.74, 6) is -0.671. The smallest absolute Gasteiger partial charge is 0.376 e. The molecule has 1 heterocycles. The number of nitrogens with zero attached hydrogens (tertiary/aromatic N) is 1. The molecule has 0 unspecified atom stereocenters. The van der Waals surface area contributed by atoms with E-state index in [0.29, 0.717) is 11.6 Å². The maximum Gasteiger partial charge on any atom is 0.376 e. The van der Waals surface area contributed by atoms with Gasteiger partial charge < -0.3 is 13.9 Å². The molecule has 0 atom stereocenters. The summed E-state index contributed by atoms with van der Waals surface area (Å²) in [6, 6.07) is 9.18. The van der Waals surface area contributed by atoms with Crippen LogP contribution >= 0.6 is 0 Å². The van der Waals surface area contributed by atoms with E-state index >= 15 is 0 Å². The van der Waals surface area contributed by atoms with Crippen LogP contribution in [0.3, 0.4) is 0 Å². The lowest BCUT2D eigenvalue weighted by atomic mass is 10.2. The van der Waals surface area contributed by atoms with E-state index in [4.69, 9.17) is 4.42 Å². The summed E-state index contributed by atoms with van der Waals surface area (Å²) < 4.78 is 14.7. The van der Waals surface area contributed by atoms with Gasteiger partial charge in [-0.25, -0.2) is 9.78 Å². The standard InChI is InChI=1S/C15H15NO5/c1-19-12(17)9-8-11-13(15(18)20-2)21-14(16-11)10-6-4-3-5-7-10/h3-7H,8-9H2,1-2H3. The van der Waals surface area contributed by atoms with Gasteiger partial charge in [-0.1, -0.05) is 18.2 Å². The van der Waals surface area contributed by atoms with Crippen molar-refractivity contribution in [2.75, 3.05) is 14.2 Å². The van der Waals surface area contributed by atoms with Crippen LogP contribution in [0, 0.1) is 0 Å². The number of methoxy groups -OCH3 is 2. The van der Waals surface area contributed by atoms with Gasteiger partial charge >= 0.3 is 11.9 Å². The van der Waals surface area contributed by atoms with Crippen molar-refractivity contribution in [2.45, 2.75) is 12.8 Å². The first kappa shape index (κ1) is 14.8. The predicted octanol–water partition coefficient (Wildman–Crippen LogP) is 2.23. The minimum absolute atomic E-state index is 0.0141. The molecule has 0 spiro atoms. The quantitative estimate of drug-likeness (QED) is 0.785. The van der Waals surface area contributed by atoms with Gasteiger partial charge in [-0.2, -0.15) is 0 Å². The Bertz CT molecular complexity index is 633. The molecule has 0 fully saturated rings. The minimum atomic E-state index is -0.621. The summed E-state index contributed by atoms with van der Waals surface area (Å²) in [5, 5.41) is 0. The van der Waals surface area contributed by atoms with Crippen molar-refractivity contribution < 1.29 is 23.5 Å². The van der Waals surface area contributed by atoms with Crippen LogP contribution in [0.15, 0.2) is 34.7 Å². The minimum Gasteiger partial charge on any atom is -0.469 e. The molecule has 1 aromatic carbocycles. The molecule has 0 saturated heterocycles. The van der Waals surface area contributed by atoms with Gasteiger partial charge in [0, 0.05) is 12.0 Å². The molecule has 1 aromatic heterocycles. The van der Waals surface area contributed by atoms with Crippen molar-refractivity contribution in [3.8, 4) is 11.5 Å². The van der Waals surface area contributed by atoms with Gasteiger partial charge in [-0.15, -0.1) is 0 Å². The van der Waals surface area contributed by atoms with Crippen LogP contribution in [0.1, 0.15) is 22.7 Å². The first-order valence-corrected chi connectivity index (χ1v) is 6.36. The molecule has 21 heavy (non-hydrogen) atoms. The molecule has 0 radical (unpaired) electrons. The Hall–Kier alpha value is -2.63. The molecular formula is C15H15NO5. The maximum absolute atomic E-state index is 11.7. The van der Waals surface area contributed by atoms with E-state index in [1.165, 1.54) is 14.2 Å². The maximum atomic E-state index is 11.7. The van der Waals surface area contributed by atoms with E-state index in [1.807, 2.05) is 30.3 Å². The third-order valence-corrected chi connectivity index (χ3v) is 2.88. The zero-order valence-corrected chi connectivity index (χ0v) is 11.8. The summed E-state index contributed by atoms with van der Waals surface area (Å²) in [7, 11) is 2.57. The average Bonchev–Trinajstić information content (AvgIpc) is 2.96. The molecule has 6 nitrogen and oxygen atoms in total. The SMILES string of the molecule is COC(=O)CCc1nc(-c2ccccc2)oc1C(=O)OC. The van der Waals surface area contributed by atoms with Crippen molar-refractivity contribution in [1.29, 1.82) is 0 Å². The highest BCUT2D eigenvalue weighted by atomic mass is 16.5. The first-order valence-electron chi connectivity index (χ1n) is 6.36. The van der Waals surface area contributed by atoms with Crippen LogP contribution in [0.5, 0.6) is 0 Å². The van der Waals surface area contributed by atoms with Crippen LogP contribution < -0.4 is 0 Å². The van der Waals surface area contributed by atoms with Gasteiger partial charge in [0.2, 0.25) is 11.7 Å². The zero-order chi connectivity index (χ0) is 15.2. The molecule has 110 valence electrons. The first-order chi connectivity index (χ1) is 10.2. The number of oxazole rings is 1. The van der Waals surface area contributed by atoms with E-state index in [9.17, 15) is 9.59 Å². The molecule has 6 heteroatoms. The van der Waals surface area contributed by atoms with Crippen LogP contribution in [-0.2, 0) is 20.7 Å². The lowest BCUT2D eigenvalue weighted by molar-refractivity contribution is -0.140.